The van der Waals surface area contributed by atoms with Crippen molar-refractivity contribution in [3.63, 3.8) is 0 Å². The molecule has 0 N–H and O–H groups in total. The molecule has 0 aromatic carbocycles. The maximum Gasteiger partial charge on any atom is 0.374 e. The van der Waals surface area contributed by atoms with Gasteiger partial charge >= 0.3 is 5.97 Å². The second-order valence-corrected chi connectivity index (χ2v) is 4.53. The van der Waals surface area contributed by atoms with Gasteiger partial charge in [-0.1, -0.05) is 0 Å². The average Bonchev–Trinajstić information content (AvgIpc) is 2.86. The highest BCUT2D eigenvalue weighted by atomic mass is 79.9. The number of carbonyl (C=O) groups excluding carboxylic acids is 1. The molecule has 0 spiro atoms. The zero-order valence-corrected chi connectivity index (χ0v) is 10.5. The van der Waals surface area contributed by atoms with E-state index in [1.807, 2.05) is 0 Å². The van der Waals surface area contributed by atoms with Crippen LogP contribution in [0.15, 0.2) is 21.2 Å². The zero-order chi connectivity index (χ0) is 11.5. The Morgan fingerprint density at radius 3 is 2.81 bits per heavy atom. The van der Waals surface area contributed by atoms with Crippen molar-refractivity contribution in [3.8, 4) is 0 Å². The molecule has 4 nitrogen and oxygen atoms in total. The molecule has 0 unspecified atom stereocenters. The molecule has 0 amide bonds. The van der Waals surface area contributed by atoms with Crippen LogP contribution in [0.2, 0.25) is 0 Å². The van der Waals surface area contributed by atoms with Gasteiger partial charge in [-0.3, -0.25) is 0 Å². The summed E-state index contributed by atoms with van der Waals surface area (Å²) in [6, 6.07) is 3.25. The van der Waals surface area contributed by atoms with E-state index >= 15 is 0 Å². The highest BCUT2D eigenvalue weighted by molar-refractivity contribution is 9.10. The van der Waals surface area contributed by atoms with Crippen LogP contribution in [0.25, 0.3) is 0 Å². The quantitative estimate of drug-likeness (QED) is 0.803. The van der Waals surface area contributed by atoms with Gasteiger partial charge in [0.1, 0.15) is 6.10 Å². The Morgan fingerprint density at radius 2 is 2.19 bits per heavy atom. The SMILES string of the molecule is CO[C@H]1CCC[C@H]1OC(=O)c1ccc(Br)o1. The summed E-state index contributed by atoms with van der Waals surface area (Å²) in [5.41, 5.74) is 0. The van der Waals surface area contributed by atoms with E-state index in [0.717, 1.165) is 19.3 Å². The van der Waals surface area contributed by atoms with E-state index in [1.165, 1.54) is 0 Å². The molecular formula is C11H13BrO4. The molecule has 0 bridgehead atoms. The van der Waals surface area contributed by atoms with Crippen LogP contribution < -0.4 is 0 Å². The number of hydrogen-bond donors (Lipinski definition) is 0. The Hall–Kier alpha value is -0.810. The van der Waals surface area contributed by atoms with Gasteiger partial charge in [0.15, 0.2) is 4.67 Å². The Kier molecular flexibility index (Phi) is 3.66. The minimum Gasteiger partial charge on any atom is -0.454 e. The van der Waals surface area contributed by atoms with E-state index in [0.29, 0.717) is 4.67 Å². The number of esters is 1. The van der Waals surface area contributed by atoms with E-state index < -0.39 is 5.97 Å². The van der Waals surface area contributed by atoms with Crippen LogP contribution in [0.5, 0.6) is 0 Å². The third-order valence-electron chi connectivity index (χ3n) is 2.73. The standard InChI is InChI=1S/C11H13BrO4/c1-14-7-3-2-4-8(7)16-11(13)9-5-6-10(12)15-9/h5-8H,2-4H2,1H3/t7-,8+/m0/s1. The van der Waals surface area contributed by atoms with Crippen LogP contribution in [-0.4, -0.2) is 25.3 Å². The van der Waals surface area contributed by atoms with E-state index in [9.17, 15) is 4.79 Å². The molecule has 1 fully saturated rings. The first kappa shape index (κ1) is 11.7. The lowest BCUT2D eigenvalue weighted by Gasteiger charge is -2.17. The summed E-state index contributed by atoms with van der Waals surface area (Å²) in [6.07, 6.45) is 2.68. The van der Waals surface area contributed by atoms with Gasteiger partial charge in [0.2, 0.25) is 5.76 Å². The summed E-state index contributed by atoms with van der Waals surface area (Å²) < 4.78 is 16.2. The lowest BCUT2D eigenvalue weighted by Crippen LogP contribution is -2.27. The molecule has 5 heteroatoms. The Balaban J connectivity index is 1.97. The van der Waals surface area contributed by atoms with Crippen molar-refractivity contribution in [1.82, 2.24) is 0 Å². The van der Waals surface area contributed by atoms with Gasteiger partial charge in [0, 0.05) is 7.11 Å². The maximum atomic E-state index is 11.7. The fourth-order valence-electron chi connectivity index (χ4n) is 1.92. The monoisotopic (exact) mass is 288 g/mol. The third kappa shape index (κ3) is 2.47. The van der Waals surface area contributed by atoms with Crippen molar-refractivity contribution in [1.29, 1.82) is 0 Å². The molecule has 88 valence electrons. The lowest BCUT2D eigenvalue weighted by atomic mass is 10.2. The second kappa shape index (κ2) is 5.01. The molecule has 1 aromatic rings. The van der Waals surface area contributed by atoms with Crippen LogP contribution in [0.1, 0.15) is 29.8 Å². The van der Waals surface area contributed by atoms with Gasteiger partial charge in [-0.25, -0.2) is 4.79 Å². The van der Waals surface area contributed by atoms with Gasteiger partial charge < -0.3 is 13.9 Å². The summed E-state index contributed by atoms with van der Waals surface area (Å²) in [7, 11) is 1.64. The van der Waals surface area contributed by atoms with Gasteiger partial charge in [0.05, 0.1) is 6.10 Å². The molecule has 1 saturated carbocycles. The normalized spacial score (nSPS) is 24.6. The van der Waals surface area contributed by atoms with Crippen molar-refractivity contribution in [2.75, 3.05) is 7.11 Å². The molecule has 1 aromatic heterocycles. The molecule has 2 rings (SSSR count). The number of ether oxygens (including phenoxy) is 2. The number of hydrogen-bond acceptors (Lipinski definition) is 4. The molecule has 2 atom stereocenters. The largest absolute Gasteiger partial charge is 0.454 e. The zero-order valence-electron chi connectivity index (χ0n) is 8.94. The first-order valence-electron chi connectivity index (χ1n) is 5.20. The first-order chi connectivity index (χ1) is 7.70. The van der Waals surface area contributed by atoms with Gasteiger partial charge in [-0.2, -0.15) is 0 Å². The summed E-state index contributed by atoms with van der Waals surface area (Å²) in [4.78, 5) is 11.7. The second-order valence-electron chi connectivity index (χ2n) is 3.75. The molecule has 16 heavy (non-hydrogen) atoms. The van der Waals surface area contributed by atoms with Crippen LogP contribution in [0, 0.1) is 0 Å². The van der Waals surface area contributed by atoms with E-state index in [-0.39, 0.29) is 18.0 Å². The maximum absolute atomic E-state index is 11.7. The Morgan fingerprint density at radius 1 is 1.44 bits per heavy atom. The molecule has 0 radical (unpaired) electrons. The number of halogens is 1. The van der Waals surface area contributed by atoms with Crippen molar-refractivity contribution < 1.29 is 18.7 Å². The van der Waals surface area contributed by atoms with E-state index in [4.69, 9.17) is 13.9 Å². The number of carbonyl (C=O) groups is 1. The highest BCUT2D eigenvalue weighted by Gasteiger charge is 2.31. The number of methoxy groups -OCH3 is 1. The van der Waals surface area contributed by atoms with Gasteiger partial charge in [-0.05, 0) is 47.3 Å². The van der Waals surface area contributed by atoms with Crippen LogP contribution >= 0.6 is 15.9 Å². The number of furan rings is 1. The van der Waals surface area contributed by atoms with Crippen molar-refractivity contribution in [2.45, 2.75) is 31.5 Å². The summed E-state index contributed by atoms with van der Waals surface area (Å²) in [5, 5.41) is 0. The van der Waals surface area contributed by atoms with Crippen LogP contribution in [0.4, 0.5) is 0 Å². The smallest absolute Gasteiger partial charge is 0.374 e. The lowest BCUT2D eigenvalue weighted by molar-refractivity contribution is -0.0227. The van der Waals surface area contributed by atoms with E-state index in [1.54, 1.807) is 19.2 Å². The molecular weight excluding hydrogens is 276 g/mol. The molecule has 0 saturated heterocycles. The Labute approximate surface area is 102 Å². The molecule has 1 aliphatic rings. The summed E-state index contributed by atoms with van der Waals surface area (Å²) in [6.45, 7) is 0. The van der Waals surface area contributed by atoms with E-state index in [2.05, 4.69) is 15.9 Å². The average molecular weight is 289 g/mol. The number of rotatable bonds is 3. The van der Waals surface area contributed by atoms with Crippen molar-refractivity contribution in [3.05, 3.63) is 22.6 Å². The minimum atomic E-state index is -0.431. The molecule has 0 aliphatic heterocycles. The summed E-state index contributed by atoms with van der Waals surface area (Å²) >= 11 is 3.14. The predicted octanol–water partition coefficient (Wildman–Crippen LogP) is 2.77. The van der Waals surface area contributed by atoms with Gasteiger partial charge in [0.25, 0.3) is 0 Å². The van der Waals surface area contributed by atoms with Crippen molar-refractivity contribution >= 4 is 21.9 Å². The Bertz CT molecular complexity index is 374. The predicted molar refractivity (Wildman–Crippen MR) is 60.3 cm³/mol. The third-order valence-corrected chi connectivity index (χ3v) is 3.15. The molecule has 1 heterocycles. The van der Waals surface area contributed by atoms with Crippen LogP contribution in [-0.2, 0) is 9.47 Å². The first-order valence-corrected chi connectivity index (χ1v) is 5.99. The minimum absolute atomic E-state index is 0.0161. The van der Waals surface area contributed by atoms with Gasteiger partial charge in [-0.15, -0.1) is 0 Å². The summed E-state index contributed by atoms with van der Waals surface area (Å²) in [5.74, 6) is -0.215. The fraction of sp³-hybridized carbons (Fsp3) is 0.545. The van der Waals surface area contributed by atoms with Crippen LogP contribution in [0.3, 0.4) is 0 Å². The topological polar surface area (TPSA) is 48.7 Å². The fourth-order valence-corrected chi connectivity index (χ4v) is 2.22. The highest BCUT2D eigenvalue weighted by Crippen LogP contribution is 2.25. The van der Waals surface area contributed by atoms with Crippen molar-refractivity contribution in [2.24, 2.45) is 0 Å². The molecule has 1 aliphatic carbocycles.